The first-order valence-electron chi connectivity index (χ1n) is 6.89. The summed E-state index contributed by atoms with van der Waals surface area (Å²) in [5.74, 6) is 0.602. The van der Waals surface area contributed by atoms with Crippen molar-refractivity contribution < 1.29 is 17.9 Å². The van der Waals surface area contributed by atoms with Crippen LogP contribution >= 0.6 is 0 Å². The maximum atomic E-state index is 12.0. The van der Waals surface area contributed by atoms with Crippen LogP contribution in [0.25, 0.3) is 0 Å². The van der Waals surface area contributed by atoms with Crippen LogP contribution in [0.3, 0.4) is 0 Å². The number of rotatable bonds is 6. The van der Waals surface area contributed by atoms with E-state index in [1.54, 1.807) is 0 Å². The molecule has 1 aromatic carbocycles. The third-order valence-corrected chi connectivity index (χ3v) is 4.00. The van der Waals surface area contributed by atoms with Crippen LogP contribution in [-0.4, -0.2) is 40.3 Å². The maximum Gasteiger partial charge on any atom is 0.226 e. The minimum absolute atomic E-state index is 0.0520. The molecular formula is C14H20N2O4S. The number of sulfonamides is 1. The third kappa shape index (κ3) is 5.02. The number of nitrogens with one attached hydrogen (secondary N) is 2. The van der Waals surface area contributed by atoms with Crippen molar-refractivity contribution in [3.8, 4) is 5.75 Å². The molecule has 1 heterocycles. The molecule has 1 amide bonds. The molecule has 2 N–H and O–H groups in total. The van der Waals surface area contributed by atoms with Gasteiger partial charge in [-0.1, -0.05) is 18.2 Å². The summed E-state index contributed by atoms with van der Waals surface area (Å²) >= 11 is 0. The molecular weight excluding hydrogens is 292 g/mol. The maximum absolute atomic E-state index is 12.0. The summed E-state index contributed by atoms with van der Waals surface area (Å²) in [6.07, 6.45) is 2.34. The van der Waals surface area contributed by atoms with Crippen LogP contribution in [0.15, 0.2) is 24.3 Å². The molecule has 0 aromatic heterocycles. The highest BCUT2D eigenvalue weighted by Crippen LogP contribution is 2.26. The highest BCUT2D eigenvalue weighted by atomic mass is 32.2. The van der Waals surface area contributed by atoms with Gasteiger partial charge in [0, 0.05) is 13.1 Å². The Morgan fingerprint density at radius 3 is 2.86 bits per heavy atom. The lowest BCUT2D eigenvalue weighted by atomic mass is 9.96. The van der Waals surface area contributed by atoms with Crippen LogP contribution in [0.4, 0.5) is 0 Å². The molecule has 0 aliphatic carbocycles. The lowest BCUT2D eigenvalue weighted by molar-refractivity contribution is -0.126. The van der Waals surface area contributed by atoms with E-state index < -0.39 is 10.0 Å². The summed E-state index contributed by atoms with van der Waals surface area (Å²) in [7, 11) is -3.16. The summed E-state index contributed by atoms with van der Waals surface area (Å²) in [6, 6.07) is 7.71. The summed E-state index contributed by atoms with van der Waals surface area (Å²) in [6.45, 7) is 1.15. The van der Waals surface area contributed by atoms with E-state index in [0.29, 0.717) is 32.5 Å². The van der Waals surface area contributed by atoms with Crippen molar-refractivity contribution in [3.05, 3.63) is 29.8 Å². The Bertz CT molecular complexity index is 601. The highest BCUT2D eigenvalue weighted by Gasteiger charge is 2.25. The van der Waals surface area contributed by atoms with Gasteiger partial charge >= 0.3 is 0 Å². The normalized spacial score (nSPS) is 17.7. The van der Waals surface area contributed by atoms with E-state index in [1.807, 2.05) is 24.3 Å². The molecule has 6 nitrogen and oxygen atoms in total. The zero-order valence-corrected chi connectivity index (χ0v) is 12.8. The zero-order valence-electron chi connectivity index (χ0n) is 12.0. The molecule has 1 unspecified atom stereocenters. The van der Waals surface area contributed by atoms with Crippen molar-refractivity contribution >= 4 is 15.9 Å². The smallest absolute Gasteiger partial charge is 0.226 e. The zero-order chi connectivity index (χ0) is 15.3. The molecule has 0 bridgehead atoms. The van der Waals surface area contributed by atoms with Crippen molar-refractivity contribution in [2.75, 3.05) is 26.0 Å². The van der Waals surface area contributed by atoms with E-state index in [2.05, 4.69) is 10.0 Å². The molecule has 2 rings (SSSR count). The quantitative estimate of drug-likeness (QED) is 0.740. The van der Waals surface area contributed by atoms with E-state index in [9.17, 15) is 13.2 Å². The summed E-state index contributed by atoms with van der Waals surface area (Å²) in [4.78, 5) is 12.0. The number of carbonyl (C=O) groups excluding carboxylic acids is 1. The summed E-state index contributed by atoms with van der Waals surface area (Å²) in [5.41, 5.74) is 1.04. The molecule has 1 atom stereocenters. The van der Waals surface area contributed by atoms with E-state index in [-0.39, 0.29) is 11.8 Å². The largest absolute Gasteiger partial charge is 0.492 e. The number of hydrogen-bond donors (Lipinski definition) is 2. The van der Waals surface area contributed by atoms with Gasteiger partial charge in [0.25, 0.3) is 0 Å². The van der Waals surface area contributed by atoms with Gasteiger partial charge in [-0.15, -0.1) is 0 Å². The predicted octanol–water partition coefficient (Wildman–Crippen LogP) is 0.293. The Balaban J connectivity index is 1.73. The van der Waals surface area contributed by atoms with Gasteiger partial charge in [0.05, 0.1) is 12.2 Å². The number of amides is 1. The average molecular weight is 312 g/mol. The van der Waals surface area contributed by atoms with Gasteiger partial charge < -0.3 is 10.1 Å². The van der Waals surface area contributed by atoms with Gasteiger partial charge in [0.15, 0.2) is 0 Å². The Morgan fingerprint density at radius 2 is 2.10 bits per heavy atom. The molecule has 21 heavy (non-hydrogen) atoms. The van der Waals surface area contributed by atoms with Crippen molar-refractivity contribution in [2.45, 2.75) is 12.8 Å². The monoisotopic (exact) mass is 312 g/mol. The van der Waals surface area contributed by atoms with E-state index in [4.69, 9.17) is 4.74 Å². The lowest BCUT2D eigenvalue weighted by Gasteiger charge is -2.24. The van der Waals surface area contributed by atoms with Gasteiger partial charge in [-0.3, -0.25) is 4.79 Å². The van der Waals surface area contributed by atoms with E-state index >= 15 is 0 Å². The molecule has 0 fully saturated rings. The van der Waals surface area contributed by atoms with Gasteiger partial charge in [0.1, 0.15) is 12.4 Å². The highest BCUT2D eigenvalue weighted by molar-refractivity contribution is 7.88. The first-order chi connectivity index (χ1) is 9.96. The second kappa shape index (κ2) is 6.91. The van der Waals surface area contributed by atoms with Crippen molar-refractivity contribution in [2.24, 2.45) is 5.92 Å². The minimum atomic E-state index is -3.16. The number of fused-ring (bicyclic) bond motifs is 1. The van der Waals surface area contributed by atoms with Crippen molar-refractivity contribution in [1.82, 2.24) is 10.0 Å². The average Bonchev–Trinajstić information content (AvgIpc) is 2.45. The first kappa shape index (κ1) is 15.8. The van der Waals surface area contributed by atoms with Gasteiger partial charge in [-0.25, -0.2) is 13.1 Å². The Hall–Kier alpha value is -1.60. The Morgan fingerprint density at radius 1 is 1.33 bits per heavy atom. The first-order valence-corrected chi connectivity index (χ1v) is 8.78. The van der Waals surface area contributed by atoms with E-state index in [0.717, 1.165) is 17.6 Å². The van der Waals surface area contributed by atoms with Gasteiger partial charge in [-0.2, -0.15) is 0 Å². The topological polar surface area (TPSA) is 84.5 Å². The third-order valence-electron chi connectivity index (χ3n) is 3.27. The summed E-state index contributed by atoms with van der Waals surface area (Å²) < 4.78 is 29.7. The molecule has 1 aliphatic rings. The number of para-hydroxylation sites is 1. The lowest BCUT2D eigenvalue weighted by Crippen LogP contribution is -2.38. The minimum Gasteiger partial charge on any atom is -0.492 e. The molecule has 116 valence electrons. The molecule has 0 spiro atoms. The second-order valence-electron chi connectivity index (χ2n) is 5.13. The van der Waals surface area contributed by atoms with Gasteiger partial charge in [-0.05, 0) is 24.5 Å². The molecule has 1 aromatic rings. The molecule has 1 aliphatic heterocycles. The van der Waals surface area contributed by atoms with Crippen LogP contribution in [-0.2, 0) is 21.2 Å². The molecule has 7 heteroatoms. The summed E-state index contributed by atoms with van der Waals surface area (Å²) in [5, 5.41) is 2.82. The van der Waals surface area contributed by atoms with Crippen LogP contribution in [0.5, 0.6) is 5.75 Å². The van der Waals surface area contributed by atoms with Crippen LogP contribution in [0.2, 0.25) is 0 Å². The van der Waals surface area contributed by atoms with Crippen LogP contribution in [0, 0.1) is 5.92 Å². The second-order valence-corrected chi connectivity index (χ2v) is 6.96. The SMILES string of the molecule is CS(=O)(=O)NCCCNC(=O)C1COc2ccccc2C1. The number of ether oxygens (including phenoxy) is 1. The predicted molar refractivity (Wildman–Crippen MR) is 79.6 cm³/mol. The Kier molecular flexibility index (Phi) is 5.19. The standard InChI is InChI=1S/C14H20N2O4S/c1-21(18,19)16-8-4-7-15-14(17)12-9-11-5-2-3-6-13(11)20-10-12/h2-3,5-6,12,16H,4,7-10H2,1H3,(H,15,17). The van der Waals surface area contributed by atoms with Crippen LogP contribution < -0.4 is 14.8 Å². The fourth-order valence-corrected chi connectivity index (χ4v) is 2.71. The molecule has 0 radical (unpaired) electrons. The number of carbonyl (C=O) groups is 1. The number of benzene rings is 1. The molecule has 0 saturated carbocycles. The molecule has 0 saturated heterocycles. The van der Waals surface area contributed by atoms with Crippen molar-refractivity contribution in [1.29, 1.82) is 0 Å². The van der Waals surface area contributed by atoms with Crippen molar-refractivity contribution in [3.63, 3.8) is 0 Å². The number of hydrogen-bond acceptors (Lipinski definition) is 4. The fraction of sp³-hybridized carbons (Fsp3) is 0.500. The Labute approximate surface area is 124 Å². The van der Waals surface area contributed by atoms with Crippen LogP contribution in [0.1, 0.15) is 12.0 Å². The van der Waals surface area contributed by atoms with E-state index in [1.165, 1.54) is 0 Å². The van der Waals surface area contributed by atoms with Gasteiger partial charge in [0.2, 0.25) is 15.9 Å². The fourth-order valence-electron chi connectivity index (χ4n) is 2.20.